The van der Waals surface area contributed by atoms with Gasteiger partial charge in [-0.05, 0) is 12.8 Å². The minimum atomic E-state index is -0.555. The highest BCUT2D eigenvalue weighted by molar-refractivity contribution is 7.27. The lowest BCUT2D eigenvalue weighted by molar-refractivity contribution is -0.157. The number of methoxy groups -OCH3 is 2. The molecule has 1 aromatic heterocycles. The lowest BCUT2D eigenvalue weighted by Crippen LogP contribution is -2.37. The quantitative estimate of drug-likeness (QED) is 0.754. The lowest BCUT2D eigenvalue weighted by Gasteiger charge is -2.26. The Labute approximate surface area is 111 Å². The van der Waals surface area contributed by atoms with E-state index in [1.165, 1.54) is 14.2 Å². The Kier molecular flexibility index (Phi) is 3.82. The maximum Gasteiger partial charge on any atom is 0.309 e. The summed E-state index contributed by atoms with van der Waals surface area (Å²) in [6, 6.07) is 0. The minimum absolute atomic E-state index is 0.00543. The van der Waals surface area contributed by atoms with Crippen molar-refractivity contribution in [3.8, 4) is 0 Å². The molecule has 0 saturated heterocycles. The fraction of sp³-hybridized carbons (Fsp3) is 0.545. The van der Waals surface area contributed by atoms with Crippen molar-refractivity contribution in [1.29, 1.82) is 0 Å². The minimum Gasteiger partial charge on any atom is -0.469 e. The first-order valence-corrected chi connectivity index (χ1v) is 6.97. The van der Waals surface area contributed by atoms with Gasteiger partial charge in [-0.25, -0.2) is 0 Å². The van der Waals surface area contributed by atoms with Crippen LogP contribution in [0.4, 0.5) is 0 Å². The van der Waals surface area contributed by atoms with E-state index in [-0.39, 0.29) is 4.06 Å². The number of rotatable bonds is 2. The Morgan fingerprint density at radius 2 is 1.39 bits per heavy atom. The van der Waals surface area contributed by atoms with Gasteiger partial charge in [0.25, 0.3) is 4.06 Å². The summed E-state index contributed by atoms with van der Waals surface area (Å²) in [5.41, 5.74) is 0. The molecule has 2 rings (SSSR count). The van der Waals surface area contributed by atoms with Crippen molar-refractivity contribution in [2.45, 2.75) is 12.8 Å². The summed E-state index contributed by atoms with van der Waals surface area (Å²) in [5.74, 6) is -1.97. The van der Waals surface area contributed by atoms with Crippen LogP contribution in [0.3, 0.4) is 0 Å². The Bertz CT molecular complexity index is 485. The molecule has 0 N–H and O–H groups in total. The first-order chi connectivity index (χ1) is 8.56. The number of hydrogen-bond donors (Lipinski definition) is 0. The average molecular weight is 288 g/mol. The monoisotopic (exact) mass is 288 g/mol. The van der Waals surface area contributed by atoms with E-state index in [1.807, 2.05) is 0 Å². The predicted molar refractivity (Wildman–Crippen MR) is 66.9 cm³/mol. The molecular weight excluding hydrogens is 276 g/mol. The Morgan fingerprint density at radius 3 is 1.72 bits per heavy atom. The highest BCUT2D eigenvalue weighted by Crippen LogP contribution is 2.35. The van der Waals surface area contributed by atoms with Gasteiger partial charge in [0.15, 0.2) is 0 Å². The normalized spacial score (nSPS) is 22.1. The number of fused-ring (bicyclic) bond motifs is 1. The molecule has 18 heavy (non-hydrogen) atoms. The molecule has 0 bridgehead atoms. The van der Waals surface area contributed by atoms with E-state index in [0.29, 0.717) is 12.8 Å². The molecule has 0 saturated carbocycles. The van der Waals surface area contributed by atoms with Crippen LogP contribution in [0.2, 0.25) is 0 Å². The molecule has 7 heteroatoms. The van der Waals surface area contributed by atoms with E-state index in [2.05, 4.69) is 0 Å². The number of hydrogen-bond acceptors (Lipinski definition) is 7. The summed E-state index contributed by atoms with van der Waals surface area (Å²) < 4.78 is 9.43. The molecule has 0 unspecified atom stereocenters. The zero-order chi connectivity index (χ0) is 13.3. The maximum absolute atomic E-state index is 11.7. The molecule has 1 aliphatic rings. The maximum atomic E-state index is 11.7. The van der Waals surface area contributed by atoms with E-state index < -0.39 is 23.8 Å². The van der Waals surface area contributed by atoms with Crippen LogP contribution in [0.15, 0.2) is 4.79 Å². The van der Waals surface area contributed by atoms with Gasteiger partial charge in [-0.1, -0.05) is 22.7 Å². The summed E-state index contributed by atoms with van der Waals surface area (Å²) in [7, 11) is 2.59. The van der Waals surface area contributed by atoms with Crippen molar-refractivity contribution in [3.05, 3.63) is 18.6 Å². The predicted octanol–water partition coefficient (Wildman–Crippen LogP) is 0.847. The van der Waals surface area contributed by atoms with Crippen LogP contribution in [0.1, 0.15) is 9.75 Å². The molecule has 98 valence electrons. The second-order valence-corrected chi connectivity index (χ2v) is 6.36. The van der Waals surface area contributed by atoms with Crippen LogP contribution < -0.4 is 4.06 Å². The fourth-order valence-electron chi connectivity index (χ4n) is 2.13. The van der Waals surface area contributed by atoms with E-state index >= 15 is 0 Å². The second-order valence-electron chi connectivity index (χ2n) is 3.97. The van der Waals surface area contributed by atoms with Gasteiger partial charge < -0.3 is 9.47 Å². The molecule has 1 aliphatic carbocycles. The molecular formula is C11H12O5S2. The van der Waals surface area contributed by atoms with E-state index in [4.69, 9.17) is 9.47 Å². The smallest absolute Gasteiger partial charge is 0.309 e. The summed E-state index contributed by atoms with van der Waals surface area (Å²) in [6.07, 6.45) is 0.760. The Hall–Kier alpha value is -1.21. The summed E-state index contributed by atoms with van der Waals surface area (Å²) in [5, 5.41) is 0. The van der Waals surface area contributed by atoms with E-state index in [9.17, 15) is 14.4 Å². The highest BCUT2D eigenvalue weighted by atomic mass is 32.2. The van der Waals surface area contributed by atoms with Gasteiger partial charge in [-0.3, -0.25) is 14.4 Å². The van der Waals surface area contributed by atoms with Crippen LogP contribution in [-0.2, 0) is 31.9 Å². The summed E-state index contributed by atoms with van der Waals surface area (Å²) >= 11 is 2.29. The molecule has 1 aromatic rings. The first-order valence-electron chi connectivity index (χ1n) is 5.34. The van der Waals surface area contributed by atoms with Crippen LogP contribution in [0, 0.1) is 11.8 Å². The number of esters is 2. The van der Waals surface area contributed by atoms with Crippen molar-refractivity contribution in [1.82, 2.24) is 0 Å². The molecule has 0 spiro atoms. The Morgan fingerprint density at radius 1 is 1.00 bits per heavy atom. The Balaban J connectivity index is 2.35. The molecule has 1 heterocycles. The van der Waals surface area contributed by atoms with Gasteiger partial charge in [-0.2, -0.15) is 0 Å². The average Bonchev–Trinajstić information content (AvgIpc) is 2.74. The number of carbonyl (C=O) groups excluding carboxylic acids is 2. The third kappa shape index (κ3) is 2.32. The molecule has 0 aliphatic heterocycles. The fourth-order valence-corrected chi connectivity index (χ4v) is 4.47. The standard InChI is InChI=1S/C11H12O5S2/c1-15-9(12)5-3-7-8(18-11(14)17-7)4-6(5)10(13)16-2/h5-6H,3-4H2,1-2H3/t5-,6+. The number of ether oxygens (including phenoxy) is 2. The first kappa shape index (κ1) is 13.2. The molecule has 0 aromatic carbocycles. The third-order valence-electron chi connectivity index (χ3n) is 3.03. The molecule has 5 nitrogen and oxygen atoms in total. The van der Waals surface area contributed by atoms with E-state index in [1.54, 1.807) is 0 Å². The van der Waals surface area contributed by atoms with Gasteiger partial charge in [0.1, 0.15) is 0 Å². The van der Waals surface area contributed by atoms with Gasteiger partial charge >= 0.3 is 11.9 Å². The molecule has 0 amide bonds. The second kappa shape index (κ2) is 5.19. The topological polar surface area (TPSA) is 69.7 Å². The zero-order valence-electron chi connectivity index (χ0n) is 9.93. The number of carbonyl (C=O) groups is 2. The van der Waals surface area contributed by atoms with Gasteiger partial charge in [-0.15, -0.1) is 0 Å². The van der Waals surface area contributed by atoms with Crippen LogP contribution >= 0.6 is 22.7 Å². The lowest BCUT2D eigenvalue weighted by atomic mass is 9.81. The van der Waals surface area contributed by atoms with Crippen molar-refractivity contribution < 1.29 is 19.1 Å². The van der Waals surface area contributed by atoms with Crippen molar-refractivity contribution in [2.75, 3.05) is 14.2 Å². The van der Waals surface area contributed by atoms with Crippen LogP contribution in [-0.4, -0.2) is 26.2 Å². The third-order valence-corrected chi connectivity index (χ3v) is 5.31. The van der Waals surface area contributed by atoms with Crippen molar-refractivity contribution in [2.24, 2.45) is 11.8 Å². The largest absolute Gasteiger partial charge is 0.469 e. The highest BCUT2D eigenvalue weighted by Gasteiger charge is 2.40. The van der Waals surface area contributed by atoms with E-state index in [0.717, 1.165) is 32.4 Å². The van der Waals surface area contributed by atoms with Gasteiger partial charge in [0, 0.05) is 9.75 Å². The summed E-state index contributed by atoms with van der Waals surface area (Å²) in [6.45, 7) is 0. The van der Waals surface area contributed by atoms with Crippen molar-refractivity contribution >= 4 is 34.6 Å². The van der Waals surface area contributed by atoms with Crippen LogP contribution in [0.25, 0.3) is 0 Å². The SMILES string of the molecule is COC(=O)[C@H]1Cc2sc(=O)sc2C[C@H]1C(=O)OC. The molecule has 0 fully saturated rings. The van der Waals surface area contributed by atoms with Gasteiger partial charge in [0.05, 0.1) is 26.1 Å². The molecule has 0 radical (unpaired) electrons. The molecule has 2 atom stereocenters. The van der Waals surface area contributed by atoms with Gasteiger partial charge in [0.2, 0.25) is 0 Å². The zero-order valence-corrected chi connectivity index (χ0v) is 11.6. The van der Waals surface area contributed by atoms with Crippen molar-refractivity contribution in [3.63, 3.8) is 0 Å². The summed E-state index contributed by atoms with van der Waals surface area (Å²) in [4.78, 5) is 36.6. The van der Waals surface area contributed by atoms with Crippen LogP contribution in [0.5, 0.6) is 0 Å².